The smallest absolute Gasteiger partial charge is 0.122 e. The second kappa shape index (κ2) is 4.18. The number of fused-ring (bicyclic) bond motifs is 1. The van der Waals surface area contributed by atoms with E-state index in [0.717, 1.165) is 19.0 Å². The summed E-state index contributed by atoms with van der Waals surface area (Å²) in [4.78, 5) is 6.96. The van der Waals surface area contributed by atoms with Crippen molar-refractivity contribution >= 4 is 0 Å². The van der Waals surface area contributed by atoms with Gasteiger partial charge in [-0.15, -0.1) is 0 Å². The van der Waals surface area contributed by atoms with Gasteiger partial charge in [-0.2, -0.15) is 0 Å². The van der Waals surface area contributed by atoms with Crippen LogP contribution in [-0.2, 0) is 13.1 Å². The van der Waals surface area contributed by atoms with Crippen molar-refractivity contribution < 1.29 is 0 Å². The molecular weight excluding hydrogens is 200 g/mol. The first kappa shape index (κ1) is 10.3. The lowest BCUT2D eigenvalue weighted by atomic mass is 10.0. The van der Waals surface area contributed by atoms with Crippen LogP contribution in [-0.4, -0.2) is 40.1 Å². The Hall–Kier alpha value is -0.870. The Bertz CT molecular complexity index is 360. The number of nitrogens with zero attached hydrogens (tertiary/aromatic N) is 3. The average molecular weight is 220 g/mol. The molecule has 16 heavy (non-hydrogen) atoms. The molecule has 0 radical (unpaired) electrons. The van der Waals surface area contributed by atoms with Gasteiger partial charge in [0.05, 0.1) is 6.54 Å². The normalized spacial score (nSPS) is 30.6. The summed E-state index contributed by atoms with van der Waals surface area (Å²) < 4.78 is 2.27. The maximum atomic E-state index is 4.41. The summed E-state index contributed by atoms with van der Waals surface area (Å²) in [6.07, 6.45) is 5.33. The molecule has 1 saturated heterocycles. The summed E-state index contributed by atoms with van der Waals surface area (Å²) in [7, 11) is 0. The molecule has 1 aromatic heterocycles. The van der Waals surface area contributed by atoms with E-state index in [1.54, 1.807) is 0 Å². The minimum Gasteiger partial charge on any atom is -0.333 e. The van der Waals surface area contributed by atoms with Crippen LogP contribution in [0.3, 0.4) is 0 Å². The molecule has 0 bridgehead atoms. The molecule has 2 atom stereocenters. The molecule has 2 aliphatic heterocycles. The van der Waals surface area contributed by atoms with E-state index >= 15 is 0 Å². The van der Waals surface area contributed by atoms with E-state index in [2.05, 4.69) is 32.9 Å². The topological polar surface area (TPSA) is 33.1 Å². The Morgan fingerprint density at radius 2 is 2.44 bits per heavy atom. The van der Waals surface area contributed by atoms with E-state index in [1.165, 1.54) is 31.9 Å². The van der Waals surface area contributed by atoms with Gasteiger partial charge in [-0.25, -0.2) is 4.98 Å². The largest absolute Gasteiger partial charge is 0.333 e. The van der Waals surface area contributed by atoms with Crippen molar-refractivity contribution in [1.29, 1.82) is 0 Å². The van der Waals surface area contributed by atoms with E-state index in [4.69, 9.17) is 0 Å². The first-order valence-electron chi connectivity index (χ1n) is 6.28. The fraction of sp³-hybridized carbons (Fsp3) is 0.750. The summed E-state index contributed by atoms with van der Waals surface area (Å²) in [5.41, 5.74) is 0. The first-order chi connectivity index (χ1) is 7.83. The number of rotatable bonds is 2. The highest BCUT2D eigenvalue weighted by atomic mass is 15.2. The fourth-order valence-corrected chi connectivity index (χ4v) is 2.87. The van der Waals surface area contributed by atoms with Crippen LogP contribution >= 0.6 is 0 Å². The highest BCUT2D eigenvalue weighted by molar-refractivity contribution is 4.96. The van der Waals surface area contributed by atoms with Gasteiger partial charge in [0.25, 0.3) is 0 Å². The highest BCUT2D eigenvalue weighted by Gasteiger charge is 2.26. The van der Waals surface area contributed by atoms with Crippen LogP contribution in [0.25, 0.3) is 0 Å². The number of hydrogen-bond acceptors (Lipinski definition) is 3. The van der Waals surface area contributed by atoms with Crippen molar-refractivity contribution in [3.63, 3.8) is 0 Å². The highest BCUT2D eigenvalue weighted by Crippen LogP contribution is 2.19. The predicted octanol–water partition coefficient (Wildman–Crippen LogP) is 0.697. The number of nitrogens with one attached hydrogen (secondary N) is 1. The van der Waals surface area contributed by atoms with Gasteiger partial charge in [0.15, 0.2) is 0 Å². The molecule has 1 N–H and O–H groups in total. The molecule has 1 aromatic rings. The second-order valence-electron chi connectivity index (χ2n) is 5.06. The van der Waals surface area contributed by atoms with Gasteiger partial charge >= 0.3 is 0 Å². The van der Waals surface area contributed by atoms with Crippen LogP contribution in [0.15, 0.2) is 12.4 Å². The number of imidazole rings is 1. The van der Waals surface area contributed by atoms with Gasteiger partial charge in [-0.3, -0.25) is 4.90 Å². The summed E-state index contributed by atoms with van der Waals surface area (Å²) in [5.74, 6) is 2.05. The van der Waals surface area contributed by atoms with Crippen molar-refractivity contribution in [2.75, 3.05) is 19.6 Å². The van der Waals surface area contributed by atoms with Crippen LogP contribution in [0.4, 0.5) is 0 Å². The molecule has 4 heteroatoms. The van der Waals surface area contributed by atoms with Gasteiger partial charge in [0.1, 0.15) is 5.82 Å². The lowest BCUT2D eigenvalue weighted by molar-refractivity contribution is 0.180. The minimum atomic E-state index is 0.682. The molecule has 4 nitrogen and oxygen atoms in total. The molecule has 0 spiro atoms. The van der Waals surface area contributed by atoms with Crippen LogP contribution < -0.4 is 5.32 Å². The van der Waals surface area contributed by atoms with E-state index in [1.807, 2.05) is 6.20 Å². The lowest BCUT2D eigenvalue weighted by Gasteiger charge is -2.30. The zero-order valence-corrected chi connectivity index (χ0v) is 9.89. The quantitative estimate of drug-likeness (QED) is 0.796. The minimum absolute atomic E-state index is 0.682. The zero-order chi connectivity index (χ0) is 11.0. The molecule has 1 fully saturated rings. The van der Waals surface area contributed by atoms with Gasteiger partial charge in [0, 0.05) is 38.1 Å². The SMILES string of the molecule is CC1NCCC1CN1CCn2ccnc2C1. The van der Waals surface area contributed by atoms with Gasteiger partial charge < -0.3 is 9.88 Å². The maximum absolute atomic E-state index is 4.41. The number of hydrogen-bond donors (Lipinski definition) is 1. The van der Waals surface area contributed by atoms with Gasteiger partial charge in [0.2, 0.25) is 0 Å². The maximum Gasteiger partial charge on any atom is 0.122 e. The summed E-state index contributed by atoms with van der Waals surface area (Å²) in [5, 5.41) is 3.53. The molecule has 0 aromatic carbocycles. The third-order valence-corrected chi connectivity index (χ3v) is 4.01. The Morgan fingerprint density at radius 1 is 1.50 bits per heavy atom. The molecule has 2 unspecified atom stereocenters. The molecule has 3 rings (SSSR count). The molecular formula is C12H20N4. The van der Waals surface area contributed by atoms with E-state index < -0.39 is 0 Å². The first-order valence-corrected chi connectivity index (χ1v) is 6.28. The Balaban J connectivity index is 1.61. The summed E-state index contributed by atoms with van der Waals surface area (Å²) in [6, 6.07) is 0.682. The van der Waals surface area contributed by atoms with Crippen molar-refractivity contribution in [3.8, 4) is 0 Å². The van der Waals surface area contributed by atoms with Crippen LogP contribution in [0.5, 0.6) is 0 Å². The predicted molar refractivity (Wildman–Crippen MR) is 63.1 cm³/mol. The zero-order valence-electron chi connectivity index (χ0n) is 9.89. The third kappa shape index (κ3) is 1.87. The van der Waals surface area contributed by atoms with Crippen LogP contribution in [0.1, 0.15) is 19.2 Å². The van der Waals surface area contributed by atoms with E-state index in [9.17, 15) is 0 Å². The standard InChI is InChI=1S/C12H20N4/c1-10-11(2-3-13-10)8-15-6-7-16-5-4-14-12(16)9-15/h4-5,10-11,13H,2-3,6-9H2,1H3. The van der Waals surface area contributed by atoms with Crippen molar-refractivity contribution in [2.45, 2.75) is 32.5 Å². The molecule has 2 aliphatic rings. The van der Waals surface area contributed by atoms with Crippen molar-refractivity contribution in [1.82, 2.24) is 19.8 Å². The van der Waals surface area contributed by atoms with Crippen molar-refractivity contribution in [2.24, 2.45) is 5.92 Å². The van der Waals surface area contributed by atoms with E-state index in [-0.39, 0.29) is 0 Å². The molecule has 0 amide bonds. The second-order valence-corrected chi connectivity index (χ2v) is 5.06. The molecule has 0 saturated carbocycles. The summed E-state index contributed by atoms with van der Waals surface area (Å²) in [6.45, 7) is 8.02. The Kier molecular flexibility index (Phi) is 2.69. The van der Waals surface area contributed by atoms with Gasteiger partial charge in [-0.05, 0) is 25.8 Å². The number of aromatic nitrogens is 2. The van der Waals surface area contributed by atoms with Gasteiger partial charge in [-0.1, -0.05) is 0 Å². The molecule has 3 heterocycles. The third-order valence-electron chi connectivity index (χ3n) is 4.01. The van der Waals surface area contributed by atoms with Crippen molar-refractivity contribution in [3.05, 3.63) is 18.2 Å². The van der Waals surface area contributed by atoms with E-state index in [0.29, 0.717) is 6.04 Å². The summed E-state index contributed by atoms with van der Waals surface area (Å²) >= 11 is 0. The Morgan fingerprint density at radius 3 is 3.25 bits per heavy atom. The van der Waals surface area contributed by atoms with Crippen LogP contribution in [0.2, 0.25) is 0 Å². The molecule has 0 aliphatic carbocycles. The fourth-order valence-electron chi connectivity index (χ4n) is 2.87. The van der Waals surface area contributed by atoms with Crippen LogP contribution in [0, 0.1) is 5.92 Å². The molecule has 88 valence electrons. The average Bonchev–Trinajstić information content (AvgIpc) is 2.88. The monoisotopic (exact) mass is 220 g/mol. The Labute approximate surface area is 96.7 Å². The lowest BCUT2D eigenvalue weighted by Crippen LogP contribution is -2.39.